The lowest BCUT2D eigenvalue weighted by Crippen LogP contribution is -2.33. The van der Waals surface area contributed by atoms with Crippen molar-refractivity contribution in [2.24, 2.45) is 0 Å². The van der Waals surface area contributed by atoms with E-state index in [1.807, 2.05) is 0 Å². The largest absolute Gasteiger partial charge is 0.497 e. The van der Waals surface area contributed by atoms with Crippen LogP contribution in [0.15, 0.2) is 18.2 Å². The summed E-state index contributed by atoms with van der Waals surface area (Å²) in [4.78, 5) is 0. The van der Waals surface area contributed by atoms with Gasteiger partial charge in [-0.25, -0.2) is 8.42 Å². The summed E-state index contributed by atoms with van der Waals surface area (Å²) in [6.45, 7) is 1.98. The average molecular weight is 293 g/mol. The molecule has 1 aromatic rings. The van der Waals surface area contributed by atoms with Gasteiger partial charge in [0, 0.05) is 12.6 Å². The van der Waals surface area contributed by atoms with Gasteiger partial charge in [-0.3, -0.25) is 4.72 Å². The number of anilines is 1. The molecule has 1 atom stereocenters. The fourth-order valence-corrected chi connectivity index (χ4v) is 2.64. The fraction of sp³-hybridized carbons (Fsp3) is 0.455. The molecule has 102 valence electrons. The molecule has 1 rings (SSSR count). The van der Waals surface area contributed by atoms with E-state index in [2.05, 4.69) is 10.0 Å². The molecule has 0 saturated heterocycles. The molecule has 1 aromatic carbocycles. The maximum atomic E-state index is 12.0. The zero-order chi connectivity index (χ0) is 13.8. The van der Waals surface area contributed by atoms with Gasteiger partial charge in [-0.2, -0.15) is 0 Å². The Morgan fingerprint density at radius 2 is 2.11 bits per heavy atom. The van der Waals surface area contributed by atoms with Gasteiger partial charge in [-0.05, 0) is 26.1 Å². The molecule has 1 unspecified atom stereocenters. The summed E-state index contributed by atoms with van der Waals surface area (Å²) in [7, 11) is -0.271. The lowest BCUT2D eigenvalue weighted by molar-refractivity contribution is 0.415. The maximum Gasteiger partial charge on any atom is 0.236 e. The minimum absolute atomic E-state index is 0.318. The van der Waals surface area contributed by atoms with E-state index in [1.165, 1.54) is 7.11 Å². The normalized spacial score (nSPS) is 13.1. The molecule has 18 heavy (non-hydrogen) atoms. The zero-order valence-corrected chi connectivity index (χ0v) is 12.1. The van der Waals surface area contributed by atoms with Crippen molar-refractivity contribution in [1.29, 1.82) is 0 Å². The highest BCUT2D eigenvalue weighted by Crippen LogP contribution is 2.27. The monoisotopic (exact) mass is 292 g/mol. The van der Waals surface area contributed by atoms with Gasteiger partial charge in [0.25, 0.3) is 0 Å². The Morgan fingerprint density at radius 1 is 1.44 bits per heavy atom. The van der Waals surface area contributed by atoms with Crippen LogP contribution in [0.2, 0.25) is 5.02 Å². The molecular formula is C11H17ClN2O3S. The molecule has 0 spiro atoms. The number of methoxy groups -OCH3 is 1. The van der Waals surface area contributed by atoms with Gasteiger partial charge in [0.2, 0.25) is 10.0 Å². The van der Waals surface area contributed by atoms with Crippen LogP contribution in [0.25, 0.3) is 0 Å². The molecule has 0 aliphatic heterocycles. The van der Waals surface area contributed by atoms with Crippen LogP contribution in [0.5, 0.6) is 5.75 Å². The predicted molar refractivity (Wildman–Crippen MR) is 73.9 cm³/mol. The molecule has 5 nitrogen and oxygen atoms in total. The standard InChI is InChI=1S/C11H17ClN2O3S/c1-8(7-13-2)18(15,16)14-11-6-9(17-3)4-5-10(11)12/h4-6,8,13-14H,7H2,1-3H3. The molecule has 0 aliphatic carbocycles. The molecule has 0 fully saturated rings. The highest BCUT2D eigenvalue weighted by atomic mass is 35.5. The van der Waals surface area contributed by atoms with Crippen LogP contribution in [0, 0.1) is 0 Å². The van der Waals surface area contributed by atoms with Gasteiger partial charge in [0.15, 0.2) is 0 Å². The minimum Gasteiger partial charge on any atom is -0.497 e. The highest BCUT2D eigenvalue weighted by molar-refractivity contribution is 7.93. The Bertz CT molecular complexity index is 505. The van der Waals surface area contributed by atoms with Gasteiger partial charge in [0.05, 0.1) is 23.1 Å². The molecule has 0 aromatic heterocycles. The van der Waals surface area contributed by atoms with E-state index >= 15 is 0 Å². The summed E-state index contributed by atoms with van der Waals surface area (Å²) in [5, 5.41) is 2.58. The van der Waals surface area contributed by atoms with Crippen LogP contribution in [-0.4, -0.2) is 34.4 Å². The molecule has 2 N–H and O–H groups in total. The van der Waals surface area contributed by atoms with Gasteiger partial charge in [0.1, 0.15) is 5.75 Å². The van der Waals surface area contributed by atoms with Crippen molar-refractivity contribution in [1.82, 2.24) is 5.32 Å². The smallest absolute Gasteiger partial charge is 0.236 e. The van der Waals surface area contributed by atoms with Crippen molar-refractivity contribution in [3.63, 3.8) is 0 Å². The van der Waals surface area contributed by atoms with Crippen molar-refractivity contribution in [3.05, 3.63) is 23.2 Å². The SMILES string of the molecule is CNCC(C)S(=O)(=O)Nc1cc(OC)ccc1Cl. The lowest BCUT2D eigenvalue weighted by Gasteiger charge is -2.15. The molecule has 0 bridgehead atoms. The number of rotatable bonds is 6. The van der Waals surface area contributed by atoms with Crippen molar-refractivity contribution < 1.29 is 13.2 Å². The van der Waals surface area contributed by atoms with Crippen LogP contribution in [0.1, 0.15) is 6.92 Å². The number of hydrogen-bond donors (Lipinski definition) is 2. The molecule has 0 amide bonds. The topological polar surface area (TPSA) is 67.4 Å². The first-order valence-corrected chi connectivity index (χ1v) is 7.33. The maximum absolute atomic E-state index is 12.0. The highest BCUT2D eigenvalue weighted by Gasteiger charge is 2.21. The van der Waals surface area contributed by atoms with Gasteiger partial charge in [-0.15, -0.1) is 0 Å². The minimum atomic E-state index is -3.48. The van der Waals surface area contributed by atoms with E-state index < -0.39 is 15.3 Å². The zero-order valence-electron chi connectivity index (χ0n) is 10.5. The Hall–Kier alpha value is -0.980. The van der Waals surface area contributed by atoms with Crippen LogP contribution in [0.4, 0.5) is 5.69 Å². The summed E-state index contributed by atoms with van der Waals surface area (Å²) >= 11 is 5.94. The van der Waals surface area contributed by atoms with Crippen LogP contribution in [0.3, 0.4) is 0 Å². The summed E-state index contributed by atoms with van der Waals surface area (Å²) in [5.74, 6) is 0.540. The number of halogens is 1. The summed E-state index contributed by atoms with van der Waals surface area (Å²) < 4.78 is 31.5. The van der Waals surface area contributed by atoms with E-state index in [0.717, 1.165) is 0 Å². The van der Waals surface area contributed by atoms with E-state index in [9.17, 15) is 8.42 Å². The number of ether oxygens (including phenoxy) is 1. The number of benzene rings is 1. The van der Waals surface area contributed by atoms with Crippen LogP contribution >= 0.6 is 11.6 Å². The van der Waals surface area contributed by atoms with Crippen LogP contribution < -0.4 is 14.8 Å². The Labute approximate surface area is 113 Å². The summed E-state index contributed by atoms with van der Waals surface area (Å²) in [5.41, 5.74) is 0.318. The second kappa shape index (κ2) is 6.26. The second-order valence-corrected chi connectivity index (χ2v) is 6.37. The summed E-state index contributed by atoms with van der Waals surface area (Å²) in [6.07, 6.45) is 0. The molecular weight excluding hydrogens is 276 g/mol. The third-order valence-electron chi connectivity index (χ3n) is 2.45. The van der Waals surface area contributed by atoms with Crippen molar-refractivity contribution >= 4 is 27.3 Å². The average Bonchev–Trinajstić information content (AvgIpc) is 2.32. The first-order chi connectivity index (χ1) is 8.40. The van der Waals surface area contributed by atoms with E-state index in [-0.39, 0.29) is 0 Å². The van der Waals surface area contributed by atoms with E-state index in [4.69, 9.17) is 16.3 Å². The molecule has 0 radical (unpaired) electrons. The quantitative estimate of drug-likeness (QED) is 0.837. The van der Waals surface area contributed by atoms with Gasteiger partial charge in [-0.1, -0.05) is 11.6 Å². The fourth-order valence-electron chi connectivity index (χ4n) is 1.36. The predicted octanol–water partition coefficient (Wildman–Crippen LogP) is 1.70. The third kappa shape index (κ3) is 3.76. The Balaban J connectivity index is 2.96. The number of sulfonamides is 1. The van der Waals surface area contributed by atoms with Gasteiger partial charge < -0.3 is 10.1 Å². The molecule has 0 aliphatic rings. The van der Waals surface area contributed by atoms with Crippen LogP contribution in [-0.2, 0) is 10.0 Å². The molecule has 0 saturated carbocycles. The molecule has 7 heteroatoms. The van der Waals surface area contributed by atoms with Crippen molar-refractivity contribution in [2.45, 2.75) is 12.2 Å². The Morgan fingerprint density at radius 3 is 2.67 bits per heavy atom. The second-order valence-electron chi connectivity index (χ2n) is 3.86. The third-order valence-corrected chi connectivity index (χ3v) is 4.51. The molecule has 0 heterocycles. The van der Waals surface area contributed by atoms with Crippen molar-refractivity contribution in [3.8, 4) is 5.75 Å². The first kappa shape index (κ1) is 15.1. The van der Waals surface area contributed by atoms with Gasteiger partial charge >= 0.3 is 0 Å². The Kier molecular flexibility index (Phi) is 5.25. The van der Waals surface area contributed by atoms with Crippen molar-refractivity contribution in [2.75, 3.05) is 25.4 Å². The number of nitrogens with one attached hydrogen (secondary N) is 2. The van der Waals surface area contributed by atoms with E-state index in [1.54, 1.807) is 32.2 Å². The first-order valence-electron chi connectivity index (χ1n) is 5.40. The number of hydrogen-bond acceptors (Lipinski definition) is 4. The van der Waals surface area contributed by atoms with E-state index in [0.29, 0.717) is 23.0 Å². The lowest BCUT2D eigenvalue weighted by atomic mass is 10.3. The summed E-state index contributed by atoms with van der Waals surface area (Å²) in [6, 6.07) is 4.80.